The van der Waals surface area contributed by atoms with Crippen LogP contribution in [0.1, 0.15) is 0 Å². The number of isocyanates is 1. The summed E-state index contributed by atoms with van der Waals surface area (Å²) in [5.41, 5.74) is 0.0453. The summed E-state index contributed by atoms with van der Waals surface area (Å²) in [7, 11) is 0. The zero-order chi connectivity index (χ0) is 13.9. The molecule has 0 heterocycles. The van der Waals surface area contributed by atoms with Gasteiger partial charge in [-0.15, -0.1) is 0 Å². The molecule has 0 fully saturated rings. The minimum Gasteiger partial charge on any atom is -0.427 e. The SMILES string of the molecule is O=C=Nc1cc(Cl)c(OC(F)(F)C(Cl)Cl)c(Cl)c1. The molecule has 0 aliphatic carbocycles. The summed E-state index contributed by atoms with van der Waals surface area (Å²) >= 11 is 21.4. The van der Waals surface area contributed by atoms with E-state index in [9.17, 15) is 13.6 Å². The van der Waals surface area contributed by atoms with Gasteiger partial charge in [0.2, 0.25) is 10.9 Å². The molecule has 0 aromatic heterocycles. The molecule has 98 valence electrons. The Labute approximate surface area is 120 Å². The fourth-order valence-corrected chi connectivity index (χ4v) is 1.58. The summed E-state index contributed by atoms with van der Waals surface area (Å²) in [5.74, 6) is -0.514. The van der Waals surface area contributed by atoms with Gasteiger partial charge in [0.05, 0.1) is 15.7 Å². The number of carbonyl (C=O) groups excluding carboxylic acids is 1. The molecule has 9 heteroatoms. The maximum atomic E-state index is 13.2. The Bertz CT molecular complexity index is 480. The van der Waals surface area contributed by atoms with Crippen LogP contribution in [0.25, 0.3) is 0 Å². The number of hydrogen-bond acceptors (Lipinski definition) is 3. The molecule has 18 heavy (non-hydrogen) atoms. The van der Waals surface area contributed by atoms with Crippen molar-refractivity contribution in [2.45, 2.75) is 10.9 Å². The van der Waals surface area contributed by atoms with E-state index < -0.39 is 16.7 Å². The van der Waals surface area contributed by atoms with Crippen molar-refractivity contribution in [2.24, 2.45) is 4.99 Å². The minimum atomic E-state index is -3.87. The van der Waals surface area contributed by atoms with Crippen LogP contribution in [0.15, 0.2) is 17.1 Å². The third-order valence-electron chi connectivity index (χ3n) is 1.65. The topological polar surface area (TPSA) is 38.7 Å². The second kappa shape index (κ2) is 6.04. The fraction of sp³-hybridized carbons (Fsp3) is 0.222. The average Bonchev–Trinajstić information content (AvgIpc) is 2.24. The van der Waals surface area contributed by atoms with Gasteiger partial charge in [-0.3, -0.25) is 0 Å². The van der Waals surface area contributed by atoms with E-state index in [-0.39, 0.29) is 15.7 Å². The van der Waals surface area contributed by atoms with Crippen LogP contribution in [0.3, 0.4) is 0 Å². The normalized spacial score (nSPS) is 11.3. The smallest absolute Gasteiger partial charge is 0.427 e. The number of halogens is 6. The molecule has 1 aromatic rings. The molecule has 0 saturated carbocycles. The van der Waals surface area contributed by atoms with Crippen LogP contribution in [0.2, 0.25) is 10.0 Å². The zero-order valence-electron chi connectivity index (χ0n) is 8.26. The van der Waals surface area contributed by atoms with Gasteiger partial charge >= 0.3 is 6.11 Å². The van der Waals surface area contributed by atoms with Gasteiger partial charge in [-0.25, -0.2) is 4.79 Å². The molecule has 0 unspecified atom stereocenters. The molecular weight excluding hydrogens is 334 g/mol. The first kappa shape index (κ1) is 15.5. The number of aliphatic imine (C=N–C) groups is 1. The first-order valence-corrected chi connectivity index (χ1v) is 5.82. The Balaban J connectivity index is 3.15. The van der Waals surface area contributed by atoms with Crippen LogP contribution >= 0.6 is 46.4 Å². The number of benzene rings is 1. The molecule has 0 N–H and O–H groups in total. The van der Waals surface area contributed by atoms with E-state index in [0.29, 0.717) is 0 Å². The first-order chi connectivity index (χ1) is 8.27. The Morgan fingerprint density at radius 3 is 2.17 bits per heavy atom. The lowest BCUT2D eigenvalue weighted by atomic mass is 10.3. The number of alkyl halides is 4. The maximum absolute atomic E-state index is 13.2. The molecule has 3 nitrogen and oxygen atoms in total. The summed E-state index contributed by atoms with van der Waals surface area (Å²) in [6.45, 7) is 0. The van der Waals surface area contributed by atoms with Crippen LogP contribution in [-0.2, 0) is 4.79 Å². The van der Waals surface area contributed by atoms with Gasteiger partial charge in [0.15, 0.2) is 5.75 Å². The Hall–Kier alpha value is -0.580. The average molecular weight is 337 g/mol. The Morgan fingerprint density at radius 2 is 1.78 bits per heavy atom. The van der Waals surface area contributed by atoms with Gasteiger partial charge in [0, 0.05) is 0 Å². The van der Waals surface area contributed by atoms with Crippen molar-refractivity contribution in [3.8, 4) is 5.75 Å². The monoisotopic (exact) mass is 335 g/mol. The molecule has 0 aliphatic heterocycles. The third-order valence-corrected chi connectivity index (χ3v) is 2.72. The predicted octanol–water partition coefficient (Wildman–Crippen LogP) is 4.74. The van der Waals surface area contributed by atoms with E-state index in [1.807, 2.05) is 0 Å². The highest BCUT2D eigenvalue weighted by Crippen LogP contribution is 2.41. The van der Waals surface area contributed by atoms with E-state index in [1.54, 1.807) is 0 Å². The molecule has 0 spiro atoms. The van der Waals surface area contributed by atoms with Crippen LogP contribution < -0.4 is 4.74 Å². The Kier molecular flexibility index (Phi) is 5.20. The molecule has 1 aromatic carbocycles. The highest BCUT2D eigenvalue weighted by molar-refractivity contribution is 6.45. The summed E-state index contributed by atoms with van der Waals surface area (Å²) in [4.78, 5) is 11.2. The molecule has 0 aliphatic rings. The van der Waals surface area contributed by atoms with Crippen molar-refractivity contribution < 1.29 is 18.3 Å². The fourth-order valence-electron chi connectivity index (χ4n) is 0.942. The largest absolute Gasteiger partial charge is 0.428 e. The van der Waals surface area contributed by atoms with Gasteiger partial charge in [0.25, 0.3) is 0 Å². The van der Waals surface area contributed by atoms with E-state index in [4.69, 9.17) is 46.4 Å². The van der Waals surface area contributed by atoms with E-state index in [0.717, 1.165) is 12.1 Å². The molecule has 0 radical (unpaired) electrons. The van der Waals surface area contributed by atoms with Crippen molar-refractivity contribution in [3.05, 3.63) is 22.2 Å². The zero-order valence-corrected chi connectivity index (χ0v) is 11.3. The van der Waals surface area contributed by atoms with Gasteiger partial charge in [-0.05, 0) is 12.1 Å². The number of ether oxygens (including phenoxy) is 1. The van der Waals surface area contributed by atoms with Crippen LogP contribution in [0.5, 0.6) is 5.75 Å². The van der Waals surface area contributed by atoms with Gasteiger partial charge in [-0.1, -0.05) is 46.4 Å². The summed E-state index contributed by atoms with van der Waals surface area (Å²) in [6, 6.07) is 2.20. The predicted molar refractivity (Wildman–Crippen MR) is 65.3 cm³/mol. The number of nitrogens with zero attached hydrogens (tertiary/aromatic N) is 1. The number of hydrogen-bond donors (Lipinski definition) is 0. The summed E-state index contributed by atoms with van der Waals surface area (Å²) in [5, 5.41) is -0.546. The standard InChI is InChI=1S/C9H3Cl4F2NO2/c10-5-1-4(16-3-17)2-6(11)7(5)18-9(14,15)8(12)13/h1-2,8H. The van der Waals surface area contributed by atoms with Crippen molar-refractivity contribution in [1.82, 2.24) is 0 Å². The van der Waals surface area contributed by atoms with Crippen LogP contribution in [0.4, 0.5) is 14.5 Å². The second-order valence-electron chi connectivity index (χ2n) is 2.91. The van der Waals surface area contributed by atoms with E-state index in [1.165, 1.54) is 6.08 Å². The van der Waals surface area contributed by atoms with Crippen LogP contribution in [-0.4, -0.2) is 17.0 Å². The van der Waals surface area contributed by atoms with Crippen molar-refractivity contribution >= 4 is 58.2 Å². The van der Waals surface area contributed by atoms with Crippen molar-refractivity contribution in [1.29, 1.82) is 0 Å². The molecule has 0 bridgehead atoms. The first-order valence-electron chi connectivity index (χ1n) is 4.20. The summed E-state index contributed by atoms with van der Waals surface area (Å²) in [6.07, 6.45) is -2.62. The number of rotatable bonds is 4. The minimum absolute atomic E-state index is 0.0453. The molecule has 0 atom stereocenters. The quantitative estimate of drug-likeness (QED) is 0.452. The van der Waals surface area contributed by atoms with Crippen LogP contribution in [0, 0.1) is 0 Å². The van der Waals surface area contributed by atoms with Gasteiger partial charge in [-0.2, -0.15) is 13.8 Å². The molecule has 0 saturated heterocycles. The molecular formula is C9H3Cl4F2NO2. The second-order valence-corrected chi connectivity index (χ2v) is 4.82. The summed E-state index contributed by atoms with van der Waals surface area (Å²) < 4.78 is 30.6. The lowest BCUT2D eigenvalue weighted by Gasteiger charge is -2.20. The maximum Gasteiger partial charge on any atom is 0.428 e. The highest BCUT2D eigenvalue weighted by Gasteiger charge is 2.41. The highest BCUT2D eigenvalue weighted by atomic mass is 35.5. The Morgan fingerprint density at radius 1 is 1.28 bits per heavy atom. The van der Waals surface area contributed by atoms with Crippen molar-refractivity contribution in [3.63, 3.8) is 0 Å². The van der Waals surface area contributed by atoms with Crippen molar-refractivity contribution in [2.75, 3.05) is 0 Å². The van der Waals surface area contributed by atoms with E-state index in [2.05, 4.69) is 9.73 Å². The molecule has 0 amide bonds. The third kappa shape index (κ3) is 3.70. The van der Waals surface area contributed by atoms with Gasteiger partial charge < -0.3 is 4.74 Å². The lowest BCUT2D eigenvalue weighted by molar-refractivity contribution is -0.163. The van der Waals surface area contributed by atoms with Gasteiger partial charge in [0.1, 0.15) is 0 Å². The molecule has 1 rings (SSSR count). The van der Waals surface area contributed by atoms with E-state index >= 15 is 0 Å². The lowest BCUT2D eigenvalue weighted by Crippen LogP contribution is -2.32.